The fraction of sp³-hybridized carbons (Fsp3) is 0.222. The summed E-state index contributed by atoms with van der Waals surface area (Å²) in [5.74, 6) is -3.65. The number of imidazole rings is 1. The number of benzene rings is 1. The number of aromatic nitrogens is 3. The molecule has 1 aromatic carbocycles. The highest BCUT2D eigenvalue weighted by atomic mass is 35.5. The molecule has 29 heavy (non-hydrogen) atoms. The number of carbonyl (C=O) groups excluding carboxylic acids is 2. The number of rotatable bonds is 4. The zero-order valence-corrected chi connectivity index (χ0v) is 15.6. The first-order valence-corrected chi connectivity index (χ1v) is 8.97. The molecule has 3 heterocycles. The van der Waals surface area contributed by atoms with Gasteiger partial charge in [0.1, 0.15) is 5.82 Å². The molecule has 0 aliphatic carbocycles. The lowest BCUT2D eigenvalue weighted by Crippen LogP contribution is -2.46. The van der Waals surface area contributed by atoms with Crippen LogP contribution in [0, 0.1) is 5.82 Å². The summed E-state index contributed by atoms with van der Waals surface area (Å²) < 4.78 is 18.3. The molecule has 2 aromatic heterocycles. The Balaban J connectivity index is 1.41. The fourth-order valence-corrected chi connectivity index (χ4v) is 3.31. The van der Waals surface area contributed by atoms with Crippen molar-refractivity contribution in [3.05, 3.63) is 53.2 Å². The van der Waals surface area contributed by atoms with Crippen LogP contribution in [0.5, 0.6) is 0 Å². The third-order valence-electron chi connectivity index (χ3n) is 4.45. The van der Waals surface area contributed by atoms with Crippen LogP contribution in [0.4, 0.5) is 14.9 Å². The number of nitrogens with one attached hydrogen (secondary N) is 2. The van der Waals surface area contributed by atoms with Crippen molar-refractivity contribution in [3.63, 3.8) is 0 Å². The normalized spacial score (nSPS) is 19.0. The van der Waals surface area contributed by atoms with E-state index in [1.165, 1.54) is 29.6 Å². The van der Waals surface area contributed by atoms with Gasteiger partial charge >= 0.3 is 6.09 Å². The maximum atomic E-state index is 13.3. The molecule has 1 fully saturated rings. The van der Waals surface area contributed by atoms with Crippen molar-refractivity contribution < 1.29 is 23.8 Å². The molecule has 11 heteroatoms. The lowest BCUT2D eigenvalue weighted by molar-refractivity contribution is -0.175. The summed E-state index contributed by atoms with van der Waals surface area (Å²) in [7, 11) is 0. The van der Waals surface area contributed by atoms with Crippen LogP contribution in [0.15, 0.2) is 36.8 Å². The number of fused-ring (bicyclic) bond motifs is 1. The van der Waals surface area contributed by atoms with Crippen LogP contribution in [0.1, 0.15) is 12.0 Å². The number of hydrogen-bond acceptors (Lipinski definition) is 6. The molecule has 3 aromatic rings. The quantitative estimate of drug-likeness (QED) is 0.557. The van der Waals surface area contributed by atoms with E-state index in [4.69, 9.17) is 16.3 Å². The van der Waals surface area contributed by atoms with Gasteiger partial charge in [0.05, 0.1) is 23.7 Å². The van der Waals surface area contributed by atoms with Crippen molar-refractivity contribution in [2.75, 3.05) is 11.4 Å². The number of aromatic amines is 1. The van der Waals surface area contributed by atoms with Gasteiger partial charge in [0.2, 0.25) is 0 Å². The maximum absolute atomic E-state index is 13.3. The van der Waals surface area contributed by atoms with Crippen LogP contribution in [0.2, 0.25) is 5.02 Å². The molecular weight excluding hydrogens is 405 g/mol. The van der Waals surface area contributed by atoms with E-state index in [1.807, 2.05) is 0 Å². The predicted octanol–water partition coefficient (Wildman–Crippen LogP) is 2.10. The first kappa shape index (κ1) is 19.1. The number of pyridine rings is 1. The molecule has 1 aliphatic rings. The number of carbonyl (C=O) groups is 2. The number of ether oxygens (including phenoxy) is 1. The number of anilines is 1. The predicted molar refractivity (Wildman–Crippen MR) is 101 cm³/mol. The lowest BCUT2D eigenvalue weighted by Gasteiger charge is -2.22. The second kappa shape index (κ2) is 7.30. The molecule has 3 N–H and O–H groups in total. The monoisotopic (exact) mass is 419 g/mol. The number of hydrogen-bond donors (Lipinski definition) is 3. The van der Waals surface area contributed by atoms with Gasteiger partial charge in [0.25, 0.3) is 11.7 Å². The van der Waals surface area contributed by atoms with Gasteiger partial charge < -0.3 is 25.0 Å². The summed E-state index contributed by atoms with van der Waals surface area (Å²) >= 11 is 5.76. The second-order valence-electron chi connectivity index (χ2n) is 6.48. The van der Waals surface area contributed by atoms with Crippen LogP contribution in [0.3, 0.4) is 0 Å². The largest absolute Gasteiger partial charge is 0.410 e. The van der Waals surface area contributed by atoms with Gasteiger partial charge in [-0.25, -0.2) is 19.2 Å². The summed E-state index contributed by atoms with van der Waals surface area (Å²) in [6.07, 6.45) is 1.78. The Hall–Kier alpha value is -3.24. The van der Waals surface area contributed by atoms with E-state index in [2.05, 4.69) is 20.3 Å². The molecule has 0 unspecified atom stereocenters. The Labute approximate surface area is 168 Å². The Bertz CT molecular complexity index is 1090. The molecule has 0 spiro atoms. The molecule has 1 atom stereocenters. The molecule has 1 saturated heterocycles. The Kier molecular flexibility index (Phi) is 4.81. The van der Waals surface area contributed by atoms with Crippen molar-refractivity contribution in [1.29, 1.82) is 0 Å². The summed E-state index contributed by atoms with van der Waals surface area (Å²) in [6, 6.07) is 5.46. The molecule has 9 nitrogen and oxygen atoms in total. The topological polar surface area (TPSA) is 120 Å². The highest BCUT2D eigenvalue weighted by Gasteiger charge is 2.49. The molecular formula is C18H15ClFN5O4. The van der Waals surface area contributed by atoms with E-state index in [-0.39, 0.29) is 24.5 Å². The maximum Gasteiger partial charge on any atom is 0.410 e. The summed E-state index contributed by atoms with van der Waals surface area (Å²) in [5, 5.41) is 13.1. The molecule has 2 amide bonds. The first-order chi connectivity index (χ1) is 13.8. The van der Waals surface area contributed by atoms with Crippen LogP contribution in [-0.2, 0) is 16.1 Å². The molecule has 1 aliphatic heterocycles. The van der Waals surface area contributed by atoms with E-state index < -0.39 is 23.6 Å². The van der Waals surface area contributed by atoms with Crippen LogP contribution in [0.25, 0.3) is 11.2 Å². The van der Waals surface area contributed by atoms with Crippen LogP contribution >= 0.6 is 11.6 Å². The summed E-state index contributed by atoms with van der Waals surface area (Å²) in [6.45, 7) is 0.0359. The highest BCUT2D eigenvalue weighted by molar-refractivity contribution is 6.30. The molecule has 0 bridgehead atoms. The standard InChI is InChI=1S/C18H15ClFN5O4/c19-11-3-10(4-12(20)5-11)7-22-17(27)29-18(28)1-2-25(16(18)26)13-6-14-15(21-8-13)24-9-23-14/h3-6,8-9,28H,1-2,7H2,(H,22,27)(H,21,23,24)/t18-/m1/s1. The van der Waals surface area contributed by atoms with Gasteiger partial charge in [0.15, 0.2) is 5.65 Å². The van der Waals surface area contributed by atoms with Gasteiger partial charge in [-0.1, -0.05) is 11.6 Å². The highest BCUT2D eigenvalue weighted by Crippen LogP contribution is 2.30. The third-order valence-corrected chi connectivity index (χ3v) is 4.66. The van der Waals surface area contributed by atoms with Gasteiger partial charge in [-0.3, -0.25) is 4.79 Å². The molecule has 4 rings (SSSR count). The number of halogens is 2. The van der Waals surface area contributed by atoms with Gasteiger partial charge in [0, 0.05) is 24.5 Å². The van der Waals surface area contributed by atoms with Crippen LogP contribution in [-0.4, -0.2) is 44.4 Å². The van der Waals surface area contributed by atoms with Gasteiger partial charge in [-0.15, -0.1) is 0 Å². The number of amides is 2. The number of H-pyrrole nitrogens is 1. The Morgan fingerprint density at radius 1 is 1.38 bits per heavy atom. The molecule has 0 saturated carbocycles. The lowest BCUT2D eigenvalue weighted by atomic mass is 10.2. The molecule has 0 radical (unpaired) electrons. The van der Waals surface area contributed by atoms with E-state index in [9.17, 15) is 19.1 Å². The van der Waals surface area contributed by atoms with Crippen molar-refractivity contribution in [1.82, 2.24) is 20.3 Å². The minimum Gasteiger partial charge on any atom is -0.407 e. The summed E-state index contributed by atoms with van der Waals surface area (Å²) in [5.41, 5.74) is 1.94. The zero-order valence-electron chi connectivity index (χ0n) is 14.9. The van der Waals surface area contributed by atoms with Crippen molar-refractivity contribution >= 4 is 40.5 Å². The minimum absolute atomic E-state index is 0.0925. The number of aliphatic hydroxyl groups is 1. The second-order valence-corrected chi connectivity index (χ2v) is 6.92. The van der Waals surface area contributed by atoms with Crippen molar-refractivity contribution in [2.24, 2.45) is 0 Å². The van der Waals surface area contributed by atoms with E-state index in [0.29, 0.717) is 22.4 Å². The van der Waals surface area contributed by atoms with Gasteiger partial charge in [-0.05, 0) is 29.8 Å². The smallest absolute Gasteiger partial charge is 0.407 e. The Morgan fingerprint density at radius 2 is 2.21 bits per heavy atom. The first-order valence-electron chi connectivity index (χ1n) is 8.59. The zero-order chi connectivity index (χ0) is 20.6. The van der Waals surface area contributed by atoms with Crippen molar-refractivity contribution in [2.45, 2.75) is 18.8 Å². The average molecular weight is 420 g/mol. The molecule has 150 valence electrons. The van der Waals surface area contributed by atoms with Gasteiger partial charge in [-0.2, -0.15) is 0 Å². The summed E-state index contributed by atoms with van der Waals surface area (Å²) in [4.78, 5) is 37.0. The minimum atomic E-state index is -2.31. The average Bonchev–Trinajstić information content (AvgIpc) is 3.24. The van der Waals surface area contributed by atoms with E-state index >= 15 is 0 Å². The van der Waals surface area contributed by atoms with E-state index in [1.54, 1.807) is 6.07 Å². The Morgan fingerprint density at radius 3 is 3.00 bits per heavy atom. The van der Waals surface area contributed by atoms with E-state index in [0.717, 1.165) is 6.07 Å². The number of alkyl carbamates (subject to hydrolysis) is 1. The number of nitrogens with zero attached hydrogens (tertiary/aromatic N) is 3. The van der Waals surface area contributed by atoms with Crippen LogP contribution < -0.4 is 10.2 Å². The van der Waals surface area contributed by atoms with Crippen molar-refractivity contribution in [3.8, 4) is 0 Å². The fourth-order valence-electron chi connectivity index (χ4n) is 3.07. The third kappa shape index (κ3) is 3.84. The SMILES string of the molecule is O=C(NCc1cc(F)cc(Cl)c1)O[C@]1(O)CCN(c2cnc3nc[nH]c3c2)C1=O.